The highest BCUT2D eigenvalue weighted by atomic mass is 16.4. The molecule has 0 fully saturated rings. The van der Waals surface area contributed by atoms with E-state index in [1.165, 1.54) is 29.8 Å². The first kappa shape index (κ1) is 14.8. The zero-order valence-corrected chi connectivity index (χ0v) is 12.6. The summed E-state index contributed by atoms with van der Waals surface area (Å²) in [4.78, 5) is 36.4. The third kappa shape index (κ3) is 2.24. The summed E-state index contributed by atoms with van der Waals surface area (Å²) in [5.74, 6) is -1.11. The molecular formula is C17H14N2O4. The van der Waals surface area contributed by atoms with Crippen molar-refractivity contribution in [3.63, 3.8) is 0 Å². The van der Waals surface area contributed by atoms with E-state index in [4.69, 9.17) is 5.11 Å². The Hall–Kier alpha value is -3.15. The average Bonchev–Trinajstić information content (AvgIpc) is 2.54. The van der Waals surface area contributed by atoms with Gasteiger partial charge in [-0.25, -0.2) is 14.2 Å². The van der Waals surface area contributed by atoms with Gasteiger partial charge in [0.25, 0.3) is 5.56 Å². The minimum absolute atomic E-state index is 0.0283. The average molecular weight is 310 g/mol. The second-order valence-electron chi connectivity index (χ2n) is 5.31. The van der Waals surface area contributed by atoms with Gasteiger partial charge in [0.2, 0.25) is 0 Å². The summed E-state index contributed by atoms with van der Waals surface area (Å²) in [6, 6.07) is 11.2. The molecule has 0 atom stereocenters. The van der Waals surface area contributed by atoms with Crippen LogP contribution >= 0.6 is 0 Å². The van der Waals surface area contributed by atoms with Crippen molar-refractivity contribution in [2.45, 2.75) is 6.92 Å². The molecule has 1 N–H and O–H groups in total. The van der Waals surface area contributed by atoms with E-state index in [1.807, 2.05) is 19.1 Å². The van der Waals surface area contributed by atoms with Crippen LogP contribution in [0.5, 0.6) is 0 Å². The Morgan fingerprint density at radius 1 is 1.09 bits per heavy atom. The van der Waals surface area contributed by atoms with Gasteiger partial charge in [0, 0.05) is 7.05 Å². The Labute approximate surface area is 130 Å². The molecule has 0 aliphatic rings. The van der Waals surface area contributed by atoms with Crippen molar-refractivity contribution < 1.29 is 9.90 Å². The van der Waals surface area contributed by atoms with Crippen LogP contribution in [-0.2, 0) is 7.05 Å². The van der Waals surface area contributed by atoms with Gasteiger partial charge in [0.15, 0.2) is 0 Å². The molecule has 0 aliphatic carbocycles. The highest BCUT2D eigenvalue weighted by Crippen LogP contribution is 2.14. The minimum Gasteiger partial charge on any atom is -0.478 e. The van der Waals surface area contributed by atoms with Gasteiger partial charge in [-0.1, -0.05) is 18.2 Å². The molecular weight excluding hydrogens is 296 g/mol. The predicted molar refractivity (Wildman–Crippen MR) is 86.5 cm³/mol. The lowest BCUT2D eigenvalue weighted by Crippen LogP contribution is -2.38. The number of aromatic nitrogens is 2. The third-order valence-corrected chi connectivity index (χ3v) is 3.87. The lowest BCUT2D eigenvalue weighted by atomic mass is 10.1. The molecule has 116 valence electrons. The number of hydrogen-bond acceptors (Lipinski definition) is 3. The van der Waals surface area contributed by atoms with Crippen LogP contribution in [-0.4, -0.2) is 20.2 Å². The van der Waals surface area contributed by atoms with Crippen LogP contribution in [0.1, 0.15) is 15.9 Å². The summed E-state index contributed by atoms with van der Waals surface area (Å²) < 4.78 is 2.40. The van der Waals surface area contributed by atoms with Crippen molar-refractivity contribution in [2.24, 2.45) is 7.05 Å². The summed E-state index contributed by atoms with van der Waals surface area (Å²) in [5, 5.41) is 9.36. The van der Waals surface area contributed by atoms with Gasteiger partial charge < -0.3 is 5.11 Å². The molecule has 3 aromatic rings. The summed E-state index contributed by atoms with van der Waals surface area (Å²) in [5.41, 5.74) is 0.662. The second-order valence-corrected chi connectivity index (χ2v) is 5.31. The normalized spacial score (nSPS) is 10.9. The Morgan fingerprint density at radius 2 is 1.78 bits per heavy atom. The highest BCUT2D eigenvalue weighted by Gasteiger charge is 2.15. The number of benzene rings is 2. The van der Waals surface area contributed by atoms with Gasteiger partial charge in [0.05, 0.1) is 22.2 Å². The molecule has 0 unspecified atom stereocenters. The first-order valence-corrected chi connectivity index (χ1v) is 6.97. The number of fused-ring (bicyclic) bond motifs is 1. The van der Waals surface area contributed by atoms with Crippen molar-refractivity contribution >= 4 is 16.9 Å². The summed E-state index contributed by atoms with van der Waals surface area (Å²) in [6.45, 7) is 1.82. The van der Waals surface area contributed by atoms with Gasteiger partial charge in [-0.15, -0.1) is 0 Å². The van der Waals surface area contributed by atoms with E-state index in [2.05, 4.69) is 0 Å². The fourth-order valence-electron chi connectivity index (χ4n) is 2.61. The first-order valence-electron chi connectivity index (χ1n) is 6.97. The van der Waals surface area contributed by atoms with E-state index in [-0.39, 0.29) is 5.56 Å². The maximum absolute atomic E-state index is 12.7. The molecule has 0 spiro atoms. The monoisotopic (exact) mass is 310 g/mol. The van der Waals surface area contributed by atoms with Gasteiger partial charge in [0.1, 0.15) is 0 Å². The number of aryl methyl sites for hydroxylation is 2. The molecule has 0 aliphatic heterocycles. The summed E-state index contributed by atoms with van der Waals surface area (Å²) >= 11 is 0. The summed E-state index contributed by atoms with van der Waals surface area (Å²) in [7, 11) is 1.52. The molecule has 23 heavy (non-hydrogen) atoms. The number of nitrogens with zero attached hydrogens (tertiary/aromatic N) is 2. The molecule has 0 amide bonds. The third-order valence-electron chi connectivity index (χ3n) is 3.87. The molecule has 3 rings (SSSR count). The zero-order valence-electron chi connectivity index (χ0n) is 12.6. The van der Waals surface area contributed by atoms with Crippen molar-refractivity contribution in [2.75, 3.05) is 0 Å². The molecule has 0 radical (unpaired) electrons. The molecule has 0 saturated heterocycles. The molecule has 2 aromatic carbocycles. The van der Waals surface area contributed by atoms with E-state index >= 15 is 0 Å². The SMILES string of the molecule is Cc1ccccc1-n1c(=O)c2ccc(C(=O)O)cc2n(C)c1=O. The lowest BCUT2D eigenvalue weighted by molar-refractivity contribution is 0.0697. The van der Waals surface area contributed by atoms with Crippen LogP contribution in [0.25, 0.3) is 16.6 Å². The fraction of sp³-hybridized carbons (Fsp3) is 0.118. The van der Waals surface area contributed by atoms with E-state index in [0.29, 0.717) is 16.6 Å². The van der Waals surface area contributed by atoms with Crippen LogP contribution in [0.4, 0.5) is 0 Å². The van der Waals surface area contributed by atoms with Crippen molar-refractivity contribution in [3.05, 3.63) is 74.4 Å². The number of carboxylic acids is 1. The van der Waals surface area contributed by atoms with Crippen LogP contribution in [0.2, 0.25) is 0 Å². The van der Waals surface area contributed by atoms with Crippen molar-refractivity contribution in [1.82, 2.24) is 9.13 Å². The van der Waals surface area contributed by atoms with Crippen LogP contribution in [0, 0.1) is 6.92 Å². The number of carbonyl (C=O) groups is 1. The van der Waals surface area contributed by atoms with E-state index < -0.39 is 17.2 Å². The number of carboxylic acid groups (broad SMARTS) is 1. The van der Waals surface area contributed by atoms with Gasteiger partial charge in [-0.3, -0.25) is 9.36 Å². The number of para-hydroxylation sites is 1. The van der Waals surface area contributed by atoms with Gasteiger partial charge in [-0.2, -0.15) is 0 Å². The Morgan fingerprint density at radius 3 is 2.43 bits per heavy atom. The maximum atomic E-state index is 12.7. The van der Waals surface area contributed by atoms with E-state index in [0.717, 1.165) is 10.1 Å². The largest absolute Gasteiger partial charge is 0.478 e. The molecule has 6 nitrogen and oxygen atoms in total. The number of hydrogen-bond donors (Lipinski definition) is 1. The second kappa shape index (κ2) is 5.24. The summed E-state index contributed by atoms with van der Waals surface area (Å²) in [6.07, 6.45) is 0. The van der Waals surface area contributed by atoms with Crippen LogP contribution in [0.15, 0.2) is 52.1 Å². The maximum Gasteiger partial charge on any atom is 0.335 e. The smallest absolute Gasteiger partial charge is 0.335 e. The predicted octanol–water partition coefficient (Wildman–Crippen LogP) is 1.70. The quantitative estimate of drug-likeness (QED) is 0.781. The van der Waals surface area contributed by atoms with Crippen LogP contribution < -0.4 is 11.2 Å². The molecule has 1 aromatic heterocycles. The minimum atomic E-state index is -1.11. The number of rotatable bonds is 2. The zero-order chi connectivity index (χ0) is 16.7. The first-order chi connectivity index (χ1) is 10.9. The highest BCUT2D eigenvalue weighted by molar-refractivity contribution is 5.93. The van der Waals surface area contributed by atoms with Gasteiger partial charge >= 0.3 is 11.7 Å². The standard InChI is InChI=1S/C17H14N2O4/c1-10-5-3-4-6-13(10)19-15(20)12-8-7-11(16(21)22)9-14(12)18(2)17(19)23/h3-9H,1-2H3,(H,21,22). The molecule has 6 heteroatoms. The van der Waals surface area contributed by atoms with E-state index in [9.17, 15) is 14.4 Å². The van der Waals surface area contributed by atoms with Crippen molar-refractivity contribution in [1.29, 1.82) is 0 Å². The molecule has 0 bridgehead atoms. The Bertz CT molecular complexity index is 1060. The molecule has 0 saturated carbocycles. The Balaban J connectivity index is 2.46. The van der Waals surface area contributed by atoms with Gasteiger partial charge in [-0.05, 0) is 36.8 Å². The topological polar surface area (TPSA) is 81.3 Å². The van der Waals surface area contributed by atoms with Crippen molar-refractivity contribution in [3.8, 4) is 5.69 Å². The lowest BCUT2D eigenvalue weighted by Gasteiger charge is -2.12. The van der Waals surface area contributed by atoms with E-state index in [1.54, 1.807) is 12.1 Å². The van der Waals surface area contributed by atoms with Crippen LogP contribution in [0.3, 0.4) is 0 Å². The Kier molecular flexibility index (Phi) is 3.37. The number of aromatic carboxylic acids is 1. The fourth-order valence-corrected chi connectivity index (χ4v) is 2.61. The molecule has 1 heterocycles.